The molecule has 14 heavy (non-hydrogen) atoms. The van der Waals surface area contributed by atoms with Crippen molar-refractivity contribution in [3.05, 3.63) is 0 Å². The smallest absolute Gasteiger partial charge is 0.00609 e. The minimum atomic E-state index is 0.712. The van der Waals surface area contributed by atoms with Gasteiger partial charge in [-0.1, -0.05) is 26.2 Å². The Bertz CT molecular complexity index is 132. The van der Waals surface area contributed by atoms with E-state index < -0.39 is 0 Å². The Kier molecular flexibility index (Phi) is 6.70. The second-order valence-electron chi connectivity index (χ2n) is 4.42. The minimum Gasteiger partial charge on any atom is -0.313 e. The van der Waals surface area contributed by atoms with Crippen molar-refractivity contribution in [2.75, 3.05) is 12.3 Å². The van der Waals surface area contributed by atoms with Gasteiger partial charge < -0.3 is 5.32 Å². The van der Waals surface area contributed by atoms with Crippen molar-refractivity contribution < 1.29 is 0 Å². The summed E-state index contributed by atoms with van der Waals surface area (Å²) in [5.41, 5.74) is 0. The topological polar surface area (TPSA) is 12.0 Å². The van der Waals surface area contributed by atoms with Gasteiger partial charge in [0.1, 0.15) is 0 Å². The maximum atomic E-state index is 3.59. The molecule has 2 heteroatoms. The minimum absolute atomic E-state index is 0.712. The van der Waals surface area contributed by atoms with Crippen molar-refractivity contribution in [2.45, 2.75) is 63.7 Å². The van der Waals surface area contributed by atoms with Crippen molar-refractivity contribution in [3.63, 3.8) is 0 Å². The van der Waals surface area contributed by atoms with E-state index in [0.717, 1.165) is 5.25 Å². The molecule has 0 saturated heterocycles. The predicted molar refractivity (Wildman–Crippen MR) is 67.1 cm³/mol. The molecule has 1 aliphatic rings. The molecule has 0 aromatic heterocycles. The van der Waals surface area contributed by atoms with Crippen LogP contribution in [0, 0.1) is 0 Å². The highest BCUT2D eigenvalue weighted by molar-refractivity contribution is 7.99. The van der Waals surface area contributed by atoms with E-state index in [0.29, 0.717) is 6.04 Å². The lowest BCUT2D eigenvalue weighted by atomic mass is 10.2. The molecule has 1 N–H and O–H groups in total. The summed E-state index contributed by atoms with van der Waals surface area (Å²) in [6, 6.07) is 0.712. The van der Waals surface area contributed by atoms with Gasteiger partial charge in [-0.15, -0.1) is 0 Å². The van der Waals surface area contributed by atoms with E-state index >= 15 is 0 Å². The number of thioether (sulfide) groups is 1. The van der Waals surface area contributed by atoms with E-state index in [1.807, 2.05) is 0 Å². The van der Waals surface area contributed by atoms with Crippen LogP contribution in [0.2, 0.25) is 0 Å². The molecule has 1 unspecified atom stereocenters. The fourth-order valence-electron chi connectivity index (χ4n) is 2.12. The average Bonchev–Trinajstić information content (AvgIpc) is 2.65. The van der Waals surface area contributed by atoms with E-state index in [1.54, 1.807) is 0 Å². The molecular formula is C12H25NS. The van der Waals surface area contributed by atoms with Crippen molar-refractivity contribution in [1.29, 1.82) is 0 Å². The van der Waals surface area contributed by atoms with Crippen LogP contribution in [0.3, 0.4) is 0 Å². The average molecular weight is 215 g/mol. The second-order valence-corrected chi connectivity index (χ2v) is 5.83. The molecule has 0 aromatic carbocycles. The molecule has 1 nitrogen and oxygen atoms in total. The van der Waals surface area contributed by atoms with Gasteiger partial charge in [0.15, 0.2) is 0 Å². The molecule has 0 spiro atoms. The summed E-state index contributed by atoms with van der Waals surface area (Å²) in [5, 5.41) is 4.57. The Morgan fingerprint density at radius 3 is 2.71 bits per heavy atom. The normalized spacial score (nSPS) is 20.1. The van der Waals surface area contributed by atoms with Gasteiger partial charge in [0.25, 0.3) is 0 Å². The highest BCUT2D eigenvalue weighted by atomic mass is 32.2. The largest absolute Gasteiger partial charge is 0.313 e. The molecule has 0 aromatic rings. The zero-order valence-electron chi connectivity index (χ0n) is 9.72. The van der Waals surface area contributed by atoms with Gasteiger partial charge in [-0.2, -0.15) is 11.8 Å². The molecule has 1 rings (SSSR count). The molecule has 1 saturated carbocycles. The Hall–Kier alpha value is 0.310. The predicted octanol–water partition coefficient (Wildman–Crippen LogP) is 3.44. The summed E-state index contributed by atoms with van der Waals surface area (Å²) in [4.78, 5) is 0. The third kappa shape index (κ3) is 5.26. The van der Waals surface area contributed by atoms with Crippen LogP contribution in [0.5, 0.6) is 0 Å². The van der Waals surface area contributed by atoms with Crippen LogP contribution in [0.25, 0.3) is 0 Å². The quantitative estimate of drug-likeness (QED) is 0.653. The van der Waals surface area contributed by atoms with Gasteiger partial charge in [-0.3, -0.25) is 0 Å². The third-order valence-electron chi connectivity index (χ3n) is 2.97. The van der Waals surface area contributed by atoms with Gasteiger partial charge in [0, 0.05) is 23.6 Å². The molecule has 0 amide bonds. The standard InChI is InChI=1S/C12H25NS/c1-3-6-11(2)13-9-10-14-12-7-4-5-8-12/h11-13H,3-10H2,1-2H3. The molecule has 84 valence electrons. The van der Waals surface area contributed by atoms with E-state index in [9.17, 15) is 0 Å². The first-order valence-corrected chi connectivity index (χ1v) is 7.22. The van der Waals surface area contributed by atoms with Crippen LogP contribution in [0.15, 0.2) is 0 Å². The highest BCUT2D eigenvalue weighted by Crippen LogP contribution is 2.28. The first-order chi connectivity index (χ1) is 6.83. The molecule has 1 aliphatic carbocycles. The summed E-state index contributed by atoms with van der Waals surface area (Å²) >= 11 is 2.18. The van der Waals surface area contributed by atoms with E-state index in [2.05, 4.69) is 30.9 Å². The molecule has 0 bridgehead atoms. The second kappa shape index (κ2) is 7.58. The van der Waals surface area contributed by atoms with E-state index in [1.165, 1.54) is 50.8 Å². The Balaban J connectivity index is 1.88. The maximum Gasteiger partial charge on any atom is 0.00609 e. The first kappa shape index (κ1) is 12.4. The SMILES string of the molecule is CCCC(C)NCCSC1CCCC1. The highest BCUT2D eigenvalue weighted by Gasteiger charge is 2.14. The zero-order chi connectivity index (χ0) is 10.2. The molecule has 0 radical (unpaired) electrons. The van der Waals surface area contributed by atoms with Gasteiger partial charge in [-0.25, -0.2) is 0 Å². The van der Waals surface area contributed by atoms with Crippen LogP contribution < -0.4 is 5.32 Å². The first-order valence-electron chi connectivity index (χ1n) is 6.18. The lowest BCUT2D eigenvalue weighted by molar-refractivity contribution is 0.526. The van der Waals surface area contributed by atoms with Crippen LogP contribution >= 0.6 is 11.8 Å². The van der Waals surface area contributed by atoms with E-state index in [4.69, 9.17) is 0 Å². The summed E-state index contributed by atoms with van der Waals surface area (Å²) in [7, 11) is 0. The fourth-order valence-corrected chi connectivity index (χ4v) is 3.36. The van der Waals surface area contributed by atoms with Crippen molar-refractivity contribution >= 4 is 11.8 Å². The molecular weight excluding hydrogens is 190 g/mol. The van der Waals surface area contributed by atoms with Crippen LogP contribution in [0.4, 0.5) is 0 Å². The fraction of sp³-hybridized carbons (Fsp3) is 1.00. The zero-order valence-corrected chi connectivity index (χ0v) is 10.5. The Morgan fingerprint density at radius 1 is 1.36 bits per heavy atom. The van der Waals surface area contributed by atoms with Crippen LogP contribution in [0.1, 0.15) is 52.4 Å². The van der Waals surface area contributed by atoms with Crippen molar-refractivity contribution in [2.24, 2.45) is 0 Å². The third-order valence-corrected chi connectivity index (χ3v) is 4.35. The molecule has 1 fully saturated rings. The monoisotopic (exact) mass is 215 g/mol. The van der Waals surface area contributed by atoms with E-state index in [-0.39, 0.29) is 0 Å². The number of rotatable bonds is 7. The van der Waals surface area contributed by atoms with Crippen LogP contribution in [-0.2, 0) is 0 Å². The summed E-state index contributed by atoms with van der Waals surface area (Å²) in [6.07, 6.45) is 8.48. The lowest BCUT2D eigenvalue weighted by Crippen LogP contribution is -2.28. The number of hydrogen-bond donors (Lipinski definition) is 1. The number of hydrogen-bond acceptors (Lipinski definition) is 2. The Labute approximate surface area is 93.4 Å². The van der Waals surface area contributed by atoms with Gasteiger partial charge in [0.05, 0.1) is 0 Å². The summed E-state index contributed by atoms with van der Waals surface area (Å²) < 4.78 is 0. The lowest BCUT2D eigenvalue weighted by Gasteiger charge is -2.13. The van der Waals surface area contributed by atoms with Gasteiger partial charge >= 0.3 is 0 Å². The summed E-state index contributed by atoms with van der Waals surface area (Å²) in [6.45, 7) is 5.75. The molecule has 1 atom stereocenters. The van der Waals surface area contributed by atoms with Crippen LogP contribution in [-0.4, -0.2) is 23.6 Å². The summed E-state index contributed by atoms with van der Waals surface area (Å²) in [5.74, 6) is 1.30. The van der Waals surface area contributed by atoms with Gasteiger partial charge in [-0.05, 0) is 26.2 Å². The number of nitrogens with one attached hydrogen (secondary N) is 1. The maximum absolute atomic E-state index is 3.59. The van der Waals surface area contributed by atoms with Gasteiger partial charge in [0.2, 0.25) is 0 Å². The molecule has 0 aliphatic heterocycles. The molecule has 0 heterocycles. The van der Waals surface area contributed by atoms with Crippen molar-refractivity contribution in [3.8, 4) is 0 Å². The Morgan fingerprint density at radius 2 is 2.07 bits per heavy atom. The van der Waals surface area contributed by atoms with Crippen molar-refractivity contribution in [1.82, 2.24) is 5.32 Å².